The Morgan fingerprint density at radius 1 is 1.54 bits per heavy atom. The summed E-state index contributed by atoms with van der Waals surface area (Å²) >= 11 is 5.73. The highest BCUT2D eigenvalue weighted by Crippen LogP contribution is 2.15. The van der Waals surface area contributed by atoms with Crippen molar-refractivity contribution in [3.63, 3.8) is 0 Å². The Morgan fingerprint density at radius 3 is 2.77 bits per heavy atom. The number of benzene rings is 1. The average Bonchev–Trinajstić information content (AvgIpc) is 2.15. The van der Waals surface area contributed by atoms with Crippen molar-refractivity contribution >= 4 is 17.6 Å². The highest BCUT2D eigenvalue weighted by molar-refractivity contribution is 6.31. The van der Waals surface area contributed by atoms with E-state index in [4.69, 9.17) is 18.0 Å². The number of rotatable bonds is 1. The maximum absolute atomic E-state index is 11.1. The number of hydrogen-bond acceptors (Lipinski definition) is 2. The molecule has 0 amide bonds. The van der Waals surface area contributed by atoms with Crippen LogP contribution in [0.1, 0.15) is 15.9 Å². The normalized spacial score (nSPS) is 9.00. The number of methoxy groups -OCH3 is 1. The summed E-state index contributed by atoms with van der Waals surface area (Å²) in [4.78, 5) is 11.1. The average molecular weight is 195 g/mol. The summed E-state index contributed by atoms with van der Waals surface area (Å²) in [5, 5.41) is 0.427. The molecule has 0 aliphatic rings. The maximum Gasteiger partial charge on any atom is 0.337 e. The maximum atomic E-state index is 11.1. The topological polar surface area (TPSA) is 26.3 Å². The first-order valence-corrected chi connectivity index (χ1v) is 3.90. The quantitative estimate of drug-likeness (QED) is 0.506. The van der Waals surface area contributed by atoms with E-state index in [0.29, 0.717) is 16.1 Å². The van der Waals surface area contributed by atoms with E-state index >= 15 is 0 Å². The van der Waals surface area contributed by atoms with Crippen LogP contribution in [-0.2, 0) is 4.74 Å². The molecule has 2 nitrogen and oxygen atoms in total. The zero-order valence-corrected chi connectivity index (χ0v) is 7.76. The summed E-state index contributed by atoms with van der Waals surface area (Å²) in [7, 11) is 1.30. The number of carbonyl (C=O) groups excluding carboxylic acids is 1. The smallest absolute Gasteiger partial charge is 0.337 e. The third-order valence-electron chi connectivity index (χ3n) is 1.49. The Labute approximate surface area is 81.5 Å². The predicted octanol–water partition coefficient (Wildman–Crippen LogP) is 2.11. The fourth-order valence-corrected chi connectivity index (χ4v) is 1.14. The van der Waals surface area contributed by atoms with Gasteiger partial charge in [-0.25, -0.2) is 4.79 Å². The predicted molar refractivity (Wildman–Crippen MR) is 50.7 cm³/mol. The van der Waals surface area contributed by atoms with Gasteiger partial charge in [-0.3, -0.25) is 0 Å². The second kappa shape index (κ2) is 3.97. The Hall–Kier alpha value is -1.46. The zero-order valence-electron chi connectivity index (χ0n) is 7.00. The molecule has 0 unspecified atom stereocenters. The summed E-state index contributed by atoms with van der Waals surface area (Å²) in [6.07, 6.45) is 5.17. The van der Waals surface area contributed by atoms with Crippen molar-refractivity contribution in [2.45, 2.75) is 0 Å². The molecule has 0 atom stereocenters. The van der Waals surface area contributed by atoms with Gasteiger partial charge in [-0.1, -0.05) is 17.5 Å². The third kappa shape index (κ3) is 2.24. The van der Waals surface area contributed by atoms with Crippen LogP contribution in [0.3, 0.4) is 0 Å². The molecule has 0 aliphatic carbocycles. The molecule has 1 aromatic rings. The van der Waals surface area contributed by atoms with Gasteiger partial charge < -0.3 is 4.74 Å². The molecule has 0 fully saturated rings. The molecule has 13 heavy (non-hydrogen) atoms. The van der Waals surface area contributed by atoms with Gasteiger partial charge in [0.05, 0.1) is 12.7 Å². The van der Waals surface area contributed by atoms with Crippen molar-refractivity contribution in [2.75, 3.05) is 7.11 Å². The van der Waals surface area contributed by atoms with E-state index in [1.807, 2.05) is 0 Å². The Bertz CT molecular complexity index is 377. The lowest BCUT2D eigenvalue weighted by Gasteiger charge is -2.00. The van der Waals surface area contributed by atoms with Crippen LogP contribution in [0.5, 0.6) is 0 Å². The third-order valence-corrected chi connectivity index (χ3v) is 1.70. The van der Waals surface area contributed by atoms with E-state index in [1.165, 1.54) is 13.2 Å². The van der Waals surface area contributed by atoms with E-state index in [0.717, 1.165) is 0 Å². The van der Waals surface area contributed by atoms with Crippen LogP contribution in [0.15, 0.2) is 18.2 Å². The first-order chi connectivity index (χ1) is 6.17. The molecule has 0 bridgehead atoms. The second-order valence-electron chi connectivity index (χ2n) is 2.36. The summed E-state index contributed by atoms with van der Waals surface area (Å²) in [5.41, 5.74) is 0.927. The Kier molecular flexibility index (Phi) is 2.94. The van der Waals surface area contributed by atoms with Crippen LogP contribution in [0.4, 0.5) is 0 Å². The summed E-state index contributed by atoms with van der Waals surface area (Å²) in [6.45, 7) is 0. The Morgan fingerprint density at radius 2 is 2.23 bits per heavy atom. The molecule has 0 radical (unpaired) electrons. The van der Waals surface area contributed by atoms with Crippen molar-refractivity contribution in [1.82, 2.24) is 0 Å². The summed E-state index contributed by atoms with van der Waals surface area (Å²) in [6, 6.07) is 4.67. The van der Waals surface area contributed by atoms with Gasteiger partial charge in [0.2, 0.25) is 0 Å². The number of halogens is 1. The van der Waals surface area contributed by atoms with Gasteiger partial charge in [0, 0.05) is 10.6 Å². The van der Waals surface area contributed by atoms with Crippen LogP contribution >= 0.6 is 11.6 Å². The van der Waals surface area contributed by atoms with E-state index in [1.54, 1.807) is 12.1 Å². The minimum absolute atomic E-state index is 0.364. The number of carbonyl (C=O) groups is 1. The van der Waals surface area contributed by atoms with Gasteiger partial charge in [0.1, 0.15) is 0 Å². The van der Waals surface area contributed by atoms with E-state index < -0.39 is 5.97 Å². The number of hydrogen-bond donors (Lipinski definition) is 0. The van der Waals surface area contributed by atoms with Gasteiger partial charge in [-0.05, 0) is 18.2 Å². The molecule has 0 saturated heterocycles. The molecule has 0 aromatic heterocycles. The van der Waals surface area contributed by atoms with Crippen LogP contribution in [-0.4, -0.2) is 13.1 Å². The lowest BCUT2D eigenvalue weighted by atomic mass is 10.1. The molecule has 3 heteroatoms. The monoisotopic (exact) mass is 194 g/mol. The van der Waals surface area contributed by atoms with E-state index in [9.17, 15) is 4.79 Å². The molecule has 66 valence electrons. The van der Waals surface area contributed by atoms with Crippen LogP contribution in [0, 0.1) is 12.3 Å². The number of terminal acetylenes is 1. The number of ether oxygens (including phenoxy) is 1. The van der Waals surface area contributed by atoms with E-state index in [-0.39, 0.29) is 0 Å². The molecule has 1 rings (SSSR count). The van der Waals surface area contributed by atoms with Gasteiger partial charge in [-0.15, -0.1) is 6.42 Å². The molecule has 0 saturated carbocycles. The standard InChI is InChI=1S/C10H7ClO2/c1-3-7-4-8(10(12)13-2)6-9(11)5-7/h1,4-6H,2H3. The fourth-order valence-electron chi connectivity index (χ4n) is 0.909. The molecular formula is C10H7ClO2. The fraction of sp³-hybridized carbons (Fsp3) is 0.100. The van der Waals surface area contributed by atoms with Crippen molar-refractivity contribution in [1.29, 1.82) is 0 Å². The highest BCUT2D eigenvalue weighted by Gasteiger charge is 2.06. The molecular weight excluding hydrogens is 188 g/mol. The van der Waals surface area contributed by atoms with Gasteiger partial charge >= 0.3 is 5.97 Å². The molecule has 1 aromatic carbocycles. The minimum atomic E-state index is -0.445. The largest absolute Gasteiger partial charge is 0.465 e. The van der Waals surface area contributed by atoms with Gasteiger partial charge in [0.15, 0.2) is 0 Å². The molecule has 0 spiro atoms. The van der Waals surface area contributed by atoms with Crippen molar-refractivity contribution in [2.24, 2.45) is 0 Å². The minimum Gasteiger partial charge on any atom is -0.465 e. The number of esters is 1. The zero-order chi connectivity index (χ0) is 9.84. The summed E-state index contributed by atoms with van der Waals surface area (Å²) < 4.78 is 4.52. The van der Waals surface area contributed by atoms with Crippen molar-refractivity contribution < 1.29 is 9.53 Å². The second-order valence-corrected chi connectivity index (χ2v) is 2.80. The van der Waals surface area contributed by atoms with Crippen LogP contribution < -0.4 is 0 Å². The van der Waals surface area contributed by atoms with E-state index in [2.05, 4.69) is 10.7 Å². The molecule has 0 heterocycles. The SMILES string of the molecule is C#Cc1cc(Cl)cc(C(=O)OC)c1. The van der Waals surface area contributed by atoms with Crippen LogP contribution in [0.2, 0.25) is 5.02 Å². The first kappa shape index (κ1) is 9.63. The molecule has 0 aliphatic heterocycles. The lowest BCUT2D eigenvalue weighted by molar-refractivity contribution is 0.0600. The lowest BCUT2D eigenvalue weighted by Crippen LogP contribution is -2.01. The van der Waals surface area contributed by atoms with Gasteiger partial charge in [0.25, 0.3) is 0 Å². The first-order valence-electron chi connectivity index (χ1n) is 3.53. The van der Waals surface area contributed by atoms with Crippen molar-refractivity contribution in [3.8, 4) is 12.3 Å². The van der Waals surface area contributed by atoms with Crippen LogP contribution in [0.25, 0.3) is 0 Å². The highest BCUT2D eigenvalue weighted by atomic mass is 35.5. The summed E-state index contributed by atoms with van der Waals surface area (Å²) in [5.74, 6) is 1.95. The van der Waals surface area contributed by atoms with Crippen molar-refractivity contribution in [3.05, 3.63) is 34.3 Å². The Balaban J connectivity index is 3.17. The molecule has 0 N–H and O–H groups in total. The van der Waals surface area contributed by atoms with Gasteiger partial charge in [-0.2, -0.15) is 0 Å².